The van der Waals surface area contributed by atoms with Crippen molar-refractivity contribution in [2.24, 2.45) is 0 Å². The summed E-state index contributed by atoms with van der Waals surface area (Å²) in [5, 5.41) is 2.87. The zero-order chi connectivity index (χ0) is 14.2. The Hall–Kier alpha value is -2.03. The van der Waals surface area contributed by atoms with Crippen LogP contribution in [0, 0.1) is 27.7 Å². The van der Waals surface area contributed by atoms with Crippen LogP contribution in [0.15, 0.2) is 24.3 Å². The molecule has 0 aliphatic rings. The molecular formula is C16H20N2O. The average Bonchev–Trinajstić information content (AvgIpc) is 2.63. The van der Waals surface area contributed by atoms with Crippen molar-refractivity contribution < 1.29 is 4.79 Å². The zero-order valence-corrected chi connectivity index (χ0v) is 12.2. The summed E-state index contributed by atoms with van der Waals surface area (Å²) in [6.45, 7) is 9.82. The minimum Gasteiger partial charge on any atom is -0.326 e. The highest BCUT2D eigenvalue weighted by Crippen LogP contribution is 2.26. The molecule has 3 heteroatoms. The molecule has 3 nitrogen and oxygen atoms in total. The molecule has 0 radical (unpaired) electrons. The van der Waals surface area contributed by atoms with E-state index in [0.29, 0.717) is 0 Å². The molecule has 1 N–H and O–H groups in total. The third-order valence-electron chi connectivity index (χ3n) is 3.37. The molecule has 0 spiro atoms. The number of carbonyl (C=O) groups excluding carboxylic acids is 1. The van der Waals surface area contributed by atoms with Crippen molar-refractivity contribution in [1.29, 1.82) is 0 Å². The van der Waals surface area contributed by atoms with E-state index >= 15 is 0 Å². The molecule has 100 valence electrons. The van der Waals surface area contributed by atoms with Crippen molar-refractivity contribution in [2.75, 3.05) is 5.32 Å². The van der Waals surface area contributed by atoms with Crippen molar-refractivity contribution in [3.05, 3.63) is 46.8 Å². The van der Waals surface area contributed by atoms with Crippen molar-refractivity contribution in [2.45, 2.75) is 34.6 Å². The first-order chi connectivity index (χ1) is 8.90. The van der Waals surface area contributed by atoms with E-state index in [1.807, 2.05) is 13.0 Å². The predicted octanol–water partition coefficient (Wildman–Crippen LogP) is 3.67. The first-order valence-electron chi connectivity index (χ1n) is 6.44. The average molecular weight is 256 g/mol. The van der Waals surface area contributed by atoms with Crippen LogP contribution in [0.3, 0.4) is 0 Å². The van der Waals surface area contributed by atoms with Gasteiger partial charge in [0.25, 0.3) is 0 Å². The van der Waals surface area contributed by atoms with Crippen molar-refractivity contribution in [1.82, 2.24) is 4.57 Å². The van der Waals surface area contributed by atoms with Gasteiger partial charge in [0.05, 0.1) is 0 Å². The lowest BCUT2D eigenvalue weighted by atomic mass is 10.1. The van der Waals surface area contributed by atoms with Crippen LogP contribution < -0.4 is 5.32 Å². The number of nitrogens with one attached hydrogen (secondary N) is 1. The van der Waals surface area contributed by atoms with Gasteiger partial charge in [0.2, 0.25) is 5.91 Å². The van der Waals surface area contributed by atoms with Crippen molar-refractivity contribution in [3.63, 3.8) is 0 Å². The molecule has 1 aromatic carbocycles. The number of aryl methyl sites for hydroxylation is 4. The maximum atomic E-state index is 11.2. The van der Waals surface area contributed by atoms with E-state index in [-0.39, 0.29) is 5.91 Å². The van der Waals surface area contributed by atoms with Crippen LogP contribution in [-0.2, 0) is 4.79 Å². The quantitative estimate of drug-likeness (QED) is 0.874. The van der Waals surface area contributed by atoms with Gasteiger partial charge >= 0.3 is 0 Å². The van der Waals surface area contributed by atoms with Gasteiger partial charge in [-0.2, -0.15) is 0 Å². The number of hydrogen-bond donors (Lipinski definition) is 1. The van der Waals surface area contributed by atoms with Crippen molar-refractivity contribution in [3.8, 4) is 5.69 Å². The largest absolute Gasteiger partial charge is 0.326 e. The molecule has 0 bridgehead atoms. The first-order valence-corrected chi connectivity index (χ1v) is 6.44. The summed E-state index contributed by atoms with van der Waals surface area (Å²) in [4.78, 5) is 11.2. The van der Waals surface area contributed by atoms with Gasteiger partial charge in [-0.15, -0.1) is 0 Å². The lowest BCUT2D eigenvalue weighted by Crippen LogP contribution is -2.09. The Morgan fingerprint density at radius 2 is 1.58 bits per heavy atom. The van der Waals surface area contributed by atoms with Crippen LogP contribution in [0.25, 0.3) is 5.69 Å². The Morgan fingerprint density at radius 1 is 1.00 bits per heavy atom. The molecule has 1 heterocycles. The van der Waals surface area contributed by atoms with E-state index in [2.05, 4.69) is 48.9 Å². The smallest absolute Gasteiger partial charge is 0.221 e. The SMILES string of the molecule is CC(=O)Nc1cc(C)c(-n2c(C)ccc2C)cc1C. The normalized spacial score (nSPS) is 10.6. The van der Waals surface area contributed by atoms with Crippen LogP contribution in [0.2, 0.25) is 0 Å². The number of carbonyl (C=O) groups is 1. The molecule has 0 atom stereocenters. The van der Waals surface area contributed by atoms with Crippen LogP contribution in [0.5, 0.6) is 0 Å². The summed E-state index contributed by atoms with van der Waals surface area (Å²) in [5.41, 5.74) is 6.71. The summed E-state index contributed by atoms with van der Waals surface area (Å²) in [7, 11) is 0. The molecule has 1 amide bonds. The number of aromatic nitrogens is 1. The summed E-state index contributed by atoms with van der Waals surface area (Å²) in [5.74, 6) is -0.0384. The topological polar surface area (TPSA) is 34.0 Å². The number of anilines is 1. The van der Waals surface area contributed by atoms with Crippen LogP contribution in [0.4, 0.5) is 5.69 Å². The van der Waals surface area contributed by atoms with Crippen LogP contribution in [-0.4, -0.2) is 10.5 Å². The second kappa shape index (κ2) is 4.92. The monoisotopic (exact) mass is 256 g/mol. The number of benzene rings is 1. The Morgan fingerprint density at radius 3 is 2.11 bits per heavy atom. The molecule has 0 fully saturated rings. The van der Waals surface area contributed by atoms with E-state index in [4.69, 9.17) is 0 Å². The minimum absolute atomic E-state index is 0.0384. The van der Waals surface area contributed by atoms with Crippen molar-refractivity contribution >= 4 is 11.6 Å². The number of amides is 1. The minimum atomic E-state index is -0.0384. The molecule has 0 saturated heterocycles. The zero-order valence-electron chi connectivity index (χ0n) is 12.2. The van der Waals surface area contributed by atoms with Gasteiger partial charge in [-0.05, 0) is 63.1 Å². The Labute approximate surface area is 114 Å². The van der Waals surface area contributed by atoms with E-state index in [1.54, 1.807) is 0 Å². The predicted molar refractivity (Wildman–Crippen MR) is 79.0 cm³/mol. The fourth-order valence-corrected chi connectivity index (χ4v) is 2.41. The summed E-state index contributed by atoms with van der Waals surface area (Å²) < 4.78 is 2.24. The summed E-state index contributed by atoms with van der Waals surface area (Å²) in [6.07, 6.45) is 0. The molecule has 2 rings (SSSR count). The highest BCUT2D eigenvalue weighted by Gasteiger charge is 2.10. The molecule has 0 saturated carbocycles. The van der Waals surface area contributed by atoms with Gasteiger partial charge in [0, 0.05) is 29.7 Å². The van der Waals surface area contributed by atoms with Crippen LogP contribution in [0.1, 0.15) is 29.4 Å². The lowest BCUT2D eigenvalue weighted by molar-refractivity contribution is -0.114. The Kier molecular flexibility index (Phi) is 3.47. The lowest BCUT2D eigenvalue weighted by Gasteiger charge is -2.16. The fraction of sp³-hybridized carbons (Fsp3) is 0.312. The highest BCUT2D eigenvalue weighted by molar-refractivity contribution is 5.89. The highest BCUT2D eigenvalue weighted by atomic mass is 16.1. The molecule has 0 unspecified atom stereocenters. The van der Waals surface area contributed by atoms with Gasteiger partial charge in [0.1, 0.15) is 0 Å². The number of hydrogen-bond acceptors (Lipinski definition) is 1. The van der Waals surface area contributed by atoms with E-state index in [1.165, 1.54) is 24.0 Å². The first kappa shape index (κ1) is 13.4. The van der Waals surface area contributed by atoms with Crippen LogP contribution >= 0.6 is 0 Å². The molecule has 0 aliphatic heterocycles. The number of nitrogens with zero attached hydrogens (tertiary/aromatic N) is 1. The molecule has 19 heavy (non-hydrogen) atoms. The van der Waals surface area contributed by atoms with Gasteiger partial charge in [-0.3, -0.25) is 4.79 Å². The third-order valence-corrected chi connectivity index (χ3v) is 3.37. The summed E-state index contributed by atoms with van der Waals surface area (Å²) in [6, 6.07) is 8.39. The van der Waals surface area contributed by atoms with E-state index in [9.17, 15) is 4.79 Å². The maximum Gasteiger partial charge on any atom is 0.221 e. The van der Waals surface area contributed by atoms with Gasteiger partial charge < -0.3 is 9.88 Å². The molecule has 2 aromatic rings. The fourth-order valence-electron chi connectivity index (χ4n) is 2.41. The molecule has 1 aromatic heterocycles. The van der Waals surface area contributed by atoms with E-state index in [0.717, 1.165) is 16.8 Å². The van der Waals surface area contributed by atoms with Gasteiger partial charge in [-0.1, -0.05) is 0 Å². The van der Waals surface area contributed by atoms with E-state index < -0.39 is 0 Å². The third kappa shape index (κ3) is 2.55. The Balaban J connectivity index is 2.55. The number of rotatable bonds is 2. The van der Waals surface area contributed by atoms with Gasteiger partial charge in [-0.25, -0.2) is 0 Å². The second-order valence-corrected chi connectivity index (χ2v) is 5.09. The van der Waals surface area contributed by atoms with Gasteiger partial charge in [0.15, 0.2) is 0 Å². The molecular weight excluding hydrogens is 236 g/mol. The Bertz CT molecular complexity index is 619. The summed E-state index contributed by atoms with van der Waals surface area (Å²) >= 11 is 0. The molecule has 0 aliphatic carbocycles. The second-order valence-electron chi connectivity index (χ2n) is 5.09. The maximum absolute atomic E-state index is 11.2. The standard InChI is InChI=1S/C16H20N2O/c1-10-9-16(18-12(3)6-7-13(18)4)11(2)8-15(10)17-14(5)19/h6-9H,1-5H3,(H,17,19).